The van der Waals surface area contributed by atoms with E-state index in [1.54, 1.807) is 0 Å². The molecule has 0 bridgehead atoms. The molecule has 0 amide bonds. The van der Waals surface area contributed by atoms with Crippen molar-refractivity contribution in [2.75, 3.05) is 0 Å². The van der Waals surface area contributed by atoms with Gasteiger partial charge in [-0.3, -0.25) is 0 Å². The molecular formula is C63H39N5S. The number of para-hydroxylation sites is 4. The molecule has 0 saturated heterocycles. The zero-order chi connectivity index (χ0) is 45.4. The van der Waals surface area contributed by atoms with E-state index in [1.807, 2.05) is 23.5 Å². The average molecular weight is 898 g/mol. The molecule has 0 aliphatic heterocycles. The Bertz CT molecular complexity index is 4110. The highest BCUT2D eigenvalue weighted by Crippen LogP contribution is 2.46. The lowest BCUT2D eigenvalue weighted by Gasteiger charge is -2.14. The number of rotatable bonds is 7. The maximum atomic E-state index is 5.22. The summed E-state index contributed by atoms with van der Waals surface area (Å²) in [5.74, 6) is 1.89. The van der Waals surface area contributed by atoms with Crippen LogP contribution in [0.2, 0.25) is 0 Å². The summed E-state index contributed by atoms with van der Waals surface area (Å²) in [5.41, 5.74) is 14.4. The van der Waals surface area contributed by atoms with Gasteiger partial charge in [0.15, 0.2) is 17.5 Å². The van der Waals surface area contributed by atoms with E-state index in [1.165, 1.54) is 74.9 Å². The largest absolute Gasteiger partial charge is 0.307 e. The van der Waals surface area contributed by atoms with Crippen LogP contribution in [0.3, 0.4) is 0 Å². The standard InChI is InChI=1S/C63H39N5S/c1-4-15-40(16-5-1)42-27-31-44(32-28-42)61-64-62(45-33-29-43(30-34-45)41-17-6-2-7-18-41)66-63(65-61)46-35-38-57-53(39-46)52-37-36-51-50-23-14-26-56(58(50)67(59(51)60(52)69-57)47-19-8-3-9-20-47)68-54-24-12-10-21-48(54)49-22-11-13-25-55(49)68/h1-39H. The van der Waals surface area contributed by atoms with Crippen molar-refractivity contribution in [3.05, 3.63) is 237 Å². The molecule has 5 nitrogen and oxygen atoms in total. The molecule has 69 heavy (non-hydrogen) atoms. The minimum Gasteiger partial charge on any atom is -0.307 e. The molecule has 14 aromatic rings. The minimum absolute atomic E-state index is 0.630. The van der Waals surface area contributed by atoms with Crippen LogP contribution < -0.4 is 0 Å². The number of hydrogen-bond acceptors (Lipinski definition) is 4. The molecule has 6 heteroatoms. The van der Waals surface area contributed by atoms with Gasteiger partial charge in [-0.2, -0.15) is 0 Å². The van der Waals surface area contributed by atoms with Gasteiger partial charge in [0.25, 0.3) is 0 Å². The molecule has 0 N–H and O–H groups in total. The van der Waals surface area contributed by atoms with Crippen LogP contribution >= 0.6 is 11.3 Å². The van der Waals surface area contributed by atoms with E-state index in [9.17, 15) is 0 Å². The summed E-state index contributed by atoms with van der Waals surface area (Å²) in [7, 11) is 0. The van der Waals surface area contributed by atoms with Gasteiger partial charge < -0.3 is 9.13 Å². The molecule has 10 aromatic carbocycles. The zero-order valence-electron chi connectivity index (χ0n) is 37.2. The molecule has 0 atom stereocenters. The van der Waals surface area contributed by atoms with Gasteiger partial charge in [0.1, 0.15) is 0 Å². The Morgan fingerprint density at radius 3 is 1.33 bits per heavy atom. The van der Waals surface area contributed by atoms with E-state index in [2.05, 4.69) is 234 Å². The van der Waals surface area contributed by atoms with Crippen LogP contribution in [0.15, 0.2) is 237 Å². The Kier molecular flexibility index (Phi) is 9.00. The van der Waals surface area contributed by atoms with Gasteiger partial charge >= 0.3 is 0 Å². The van der Waals surface area contributed by atoms with Crippen molar-refractivity contribution in [3.8, 4) is 67.8 Å². The van der Waals surface area contributed by atoms with Crippen LogP contribution in [0.25, 0.3) is 132 Å². The Morgan fingerprint density at radius 2 is 0.739 bits per heavy atom. The fourth-order valence-electron chi connectivity index (χ4n) is 10.3. The molecule has 0 radical (unpaired) electrons. The molecule has 0 saturated carbocycles. The Balaban J connectivity index is 0.963. The minimum atomic E-state index is 0.630. The number of nitrogens with zero attached hydrogens (tertiary/aromatic N) is 5. The van der Waals surface area contributed by atoms with E-state index in [-0.39, 0.29) is 0 Å². The monoisotopic (exact) mass is 897 g/mol. The third-order valence-corrected chi connectivity index (χ3v) is 14.8. The van der Waals surface area contributed by atoms with Crippen LogP contribution in [0.5, 0.6) is 0 Å². The average Bonchev–Trinajstić information content (AvgIpc) is 4.09. The maximum absolute atomic E-state index is 5.22. The second kappa shape index (κ2) is 15.8. The van der Waals surface area contributed by atoms with Gasteiger partial charge in [0, 0.05) is 59.4 Å². The summed E-state index contributed by atoms with van der Waals surface area (Å²) in [6.45, 7) is 0. The van der Waals surface area contributed by atoms with Crippen LogP contribution in [-0.4, -0.2) is 24.1 Å². The Morgan fingerprint density at radius 1 is 0.290 bits per heavy atom. The highest BCUT2D eigenvalue weighted by Gasteiger charge is 2.23. The molecule has 0 fully saturated rings. The summed E-state index contributed by atoms with van der Waals surface area (Å²) < 4.78 is 7.39. The predicted octanol–water partition coefficient (Wildman–Crippen LogP) is 16.8. The van der Waals surface area contributed by atoms with Crippen molar-refractivity contribution in [1.29, 1.82) is 0 Å². The maximum Gasteiger partial charge on any atom is 0.164 e. The summed E-state index contributed by atoms with van der Waals surface area (Å²) >= 11 is 1.85. The third kappa shape index (κ3) is 6.41. The molecule has 0 aliphatic rings. The highest BCUT2D eigenvalue weighted by molar-refractivity contribution is 7.26. The lowest BCUT2D eigenvalue weighted by Crippen LogP contribution is -2.00. The highest BCUT2D eigenvalue weighted by atomic mass is 32.1. The van der Waals surface area contributed by atoms with E-state index in [4.69, 9.17) is 15.0 Å². The van der Waals surface area contributed by atoms with E-state index >= 15 is 0 Å². The molecule has 4 heterocycles. The van der Waals surface area contributed by atoms with Crippen LogP contribution in [-0.2, 0) is 0 Å². The first kappa shape index (κ1) is 39.2. The third-order valence-electron chi connectivity index (χ3n) is 13.6. The van der Waals surface area contributed by atoms with Crippen molar-refractivity contribution < 1.29 is 0 Å². The quantitative estimate of drug-likeness (QED) is 0.160. The van der Waals surface area contributed by atoms with E-state index in [0.717, 1.165) is 39.2 Å². The first-order chi connectivity index (χ1) is 34.2. The summed E-state index contributed by atoms with van der Waals surface area (Å²) in [6.07, 6.45) is 0. The van der Waals surface area contributed by atoms with Gasteiger partial charge in [-0.15, -0.1) is 11.3 Å². The van der Waals surface area contributed by atoms with Crippen molar-refractivity contribution in [1.82, 2.24) is 24.1 Å². The molecule has 0 spiro atoms. The lowest BCUT2D eigenvalue weighted by molar-refractivity contribution is 1.07. The second-order valence-corrected chi connectivity index (χ2v) is 18.6. The number of benzene rings is 10. The molecule has 0 unspecified atom stereocenters. The number of fused-ring (bicyclic) bond motifs is 10. The number of aromatic nitrogens is 5. The van der Waals surface area contributed by atoms with Gasteiger partial charge in [-0.25, -0.2) is 15.0 Å². The molecule has 14 rings (SSSR count). The van der Waals surface area contributed by atoms with E-state index in [0.29, 0.717) is 17.5 Å². The van der Waals surface area contributed by atoms with Crippen molar-refractivity contribution in [2.45, 2.75) is 0 Å². The normalized spacial score (nSPS) is 11.8. The van der Waals surface area contributed by atoms with Crippen molar-refractivity contribution in [2.24, 2.45) is 0 Å². The van der Waals surface area contributed by atoms with E-state index < -0.39 is 0 Å². The molecule has 322 valence electrons. The van der Waals surface area contributed by atoms with Gasteiger partial charge in [0.2, 0.25) is 0 Å². The number of thiophene rings is 1. The van der Waals surface area contributed by atoms with Gasteiger partial charge in [-0.1, -0.05) is 188 Å². The first-order valence-electron chi connectivity index (χ1n) is 23.3. The fraction of sp³-hybridized carbons (Fsp3) is 0. The summed E-state index contributed by atoms with van der Waals surface area (Å²) in [6, 6.07) is 84.4. The van der Waals surface area contributed by atoms with Crippen LogP contribution in [0.1, 0.15) is 0 Å². The van der Waals surface area contributed by atoms with Crippen molar-refractivity contribution in [3.63, 3.8) is 0 Å². The predicted molar refractivity (Wildman–Crippen MR) is 289 cm³/mol. The second-order valence-electron chi connectivity index (χ2n) is 17.6. The summed E-state index contributed by atoms with van der Waals surface area (Å²) in [4.78, 5) is 15.6. The zero-order valence-corrected chi connectivity index (χ0v) is 38.0. The number of hydrogen-bond donors (Lipinski definition) is 0. The van der Waals surface area contributed by atoms with Crippen LogP contribution in [0.4, 0.5) is 0 Å². The van der Waals surface area contributed by atoms with Gasteiger partial charge in [0.05, 0.1) is 32.5 Å². The van der Waals surface area contributed by atoms with Crippen molar-refractivity contribution >= 4 is 75.1 Å². The van der Waals surface area contributed by atoms with Crippen LogP contribution in [0, 0.1) is 0 Å². The first-order valence-corrected chi connectivity index (χ1v) is 24.1. The fourth-order valence-corrected chi connectivity index (χ4v) is 11.6. The van der Waals surface area contributed by atoms with Gasteiger partial charge in [-0.05, 0) is 70.8 Å². The Hall–Kier alpha value is -8.97. The topological polar surface area (TPSA) is 48.5 Å². The summed E-state index contributed by atoms with van der Waals surface area (Å²) in [5, 5.41) is 7.30. The molecular weight excluding hydrogens is 859 g/mol. The molecule has 0 aliphatic carbocycles. The molecule has 4 aromatic heterocycles. The lowest BCUT2D eigenvalue weighted by atomic mass is 10.0. The SMILES string of the molecule is c1ccc(-c2ccc(-c3nc(-c4ccc(-c5ccccc5)cc4)nc(-c4ccc5sc6c(ccc7c8cccc(-n9c%10ccccc%10c%10ccccc%109)c8n(-c8ccccc8)c76)c5c4)n3)cc2)cc1. The Labute approximate surface area is 401 Å². The smallest absolute Gasteiger partial charge is 0.164 e.